The van der Waals surface area contributed by atoms with Gasteiger partial charge < -0.3 is 18.5 Å². The average Bonchev–Trinajstić information content (AvgIpc) is 3.24. The van der Waals surface area contributed by atoms with Gasteiger partial charge in [-0.05, 0) is 45.6 Å². The lowest BCUT2D eigenvalue weighted by Crippen LogP contribution is -2.35. The van der Waals surface area contributed by atoms with Gasteiger partial charge in [-0.2, -0.15) is 0 Å². The summed E-state index contributed by atoms with van der Waals surface area (Å²) < 4.78 is 25.3. The topological polar surface area (TPSA) is 121 Å². The van der Waals surface area contributed by atoms with Crippen LogP contribution in [0, 0.1) is 12.8 Å². The summed E-state index contributed by atoms with van der Waals surface area (Å²) >= 11 is 0. The van der Waals surface area contributed by atoms with Gasteiger partial charge in [0.25, 0.3) is 5.56 Å². The summed E-state index contributed by atoms with van der Waals surface area (Å²) in [5.41, 5.74) is -0.498. The molecule has 10 nitrogen and oxygen atoms in total. The van der Waals surface area contributed by atoms with Crippen molar-refractivity contribution in [3.63, 3.8) is 0 Å². The van der Waals surface area contributed by atoms with Crippen LogP contribution in [0.1, 0.15) is 45.9 Å². The maximum absolute atomic E-state index is 12.5. The van der Waals surface area contributed by atoms with Crippen molar-refractivity contribution < 1.29 is 23.3 Å². The summed E-state index contributed by atoms with van der Waals surface area (Å²) in [6, 6.07) is 12.9. The van der Waals surface area contributed by atoms with E-state index in [-0.39, 0.29) is 24.7 Å². The number of nitrogens with one attached hydrogen (secondary N) is 2. The Hall–Kier alpha value is -3.04. The Morgan fingerprint density at radius 1 is 1.18 bits per heavy atom. The van der Waals surface area contributed by atoms with Crippen molar-refractivity contribution in [1.82, 2.24) is 14.6 Å². The first-order valence-electron chi connectivity index (χ1n) is 12.7. The molecule has 2 aromatic carbocycles. The van der Waals surface area contributed by atoms with Crippen LogP contribution in [0.2, 0.25) is 0 Å². The lowest BCUT2D eigenvalue weighted by Gasteiger charge is -2.24. The zero-order valence-corrected chi connectivity index (χ0v) is 23.1. The van der Waals surface area contributed by atoms with Crippen LogP contribution in [0.25, 0.3) is 10.8 Å². The Morgan fingerprint density at radius 2 is 1.92 bits per heavy atom. The summed E-state index contributed by atoms with van der Waals surface area (Å²) in [6.07, 6.45) is 1.05. The highest BCUT2D eigenvalue weighted by Gasteiger charge is 2.35. The van der Waals surface area contributed by atoms with Crippen molar-refractivity contribution in [3.05, 3.63) is 75.1 Å². The highest BCUT2D eigenvalue weighted by Crippen LogP contribution is 2.41. The standard InChI is InChI=1S/C27H34N3O7P/c1-16(2)35-26(32)19(5)29-38(37-23-12-8-10-20-9-6-7-11-22(20)23)34-15-21-13-17(3)25(36-21)30-14-18(4)24(31)28-27(30)33/h6-12,14,16-17,19,21,25,29H,13,15H2,1-5H3,(H,28,31,33). The zero-order chi connectivity index (χ0) is 27.4. The Labute approximate surface area is 222 Å². The van der Waals surface area contributed by atoms with E-state index in [4.69, 9.17) is 18.5 Å². The van der Waals surface area contributed by atoms with Gasteiger partial charge in [-0.3, -0.25) is 19.1 Å². The van der Waals surface area contributed by atoms with Crippen molar-refractivity contribution in [2.24, 2.45) is 5.92 Å². The van der Waals surface area contributed by atoms with Gasteiger partial charge >= 0.3 is 20.2 Å². The predicted molar refractivity (Wildman–Crippen MR) is 145 cm³/mol. The highest BCUT2D eigenvalue weighted by molar-refractivity contribution is 7.45. The smallest absolute Gasteiger partial charge is 0.330 e. The number of carbonyl (C=O) groups excluding carboxylic acids is 1. The van der Waals surface area contributed by atoms with E-state index in [0.29, 0.717) is 17.7 Å². The van der Waals surface area contributed by atoms with Gasteiger partial charge in [-0.15, -0.1) is 0 Å². The number of H-pyrrole nitrogens is 1. The molecule has 204 valence electrons. The van der Waals surface area contributed by atoms with Crippen molar-refractivity contribution >= 4 is 25.3 Å². The third-order valence-electron chi connectivity index (χ3n) is 6.19. The second kappa shape index (κ2) is 12.2. The van der Waals surface area contributed by atoms with Gasteiger partial charge in [0.2, 0.25) is 0 Å². The second-order valence-electron chi connectivity index (χ2n) is 9.80. The molecule has 1 fully saturated rings. The molecule has 5 atom stereocenters. The lowest BCUT2D eigenvalue weighted by atomic mass is 10.1. The van der Waals surface area contributed by atoms with Gasteiger partial charge in [0.1, 0.15) is 18.0 Å². The highest BCUT2D eigenvalue weighted by atomic mass is 31.2. The number of aryl methyl sites for hydroxylation is 1. The quantitative estimate of drug-likeness (QED) is 0.289. The number of aromatic amines is 1. The minimum atomic E-state index is -1.77. The molecule has 3 aromatic rings. The fraction of sp³-hybridized carbons (Fsp3) is 0.444. The molecule has 5 unspecified atom stereocenters. The summed E-state index contributed by atoms with van der Waals surface area (Å²) in [6.45, 7) is 9.08. The van der Waals surface area contributed by atoms with E-state index in [0.717, 1.165) is 10.8 Å². The SMILES string of the molecule is Cc1cn(C2OC(COP(NC(C)C(=O)OC(C)C)Oc3cccc4ccccc34)CC2C)c(=O)[nH]c1=O. The Bertz CT molecular complexity index is 1380. The Morgan fingerprint density at radius 3 is 2.68 bits per heavy atom. The third kappa shape index (κ3) is 6.69. The molecular weight excluding hydrogens is 509 g/mol. The van der Waals surface area contributed by atoms with E-state index >= 15 is 0 Å². The molecule has 0 saturated carbocycles. The number of hydrogen-bond acceptors (Lipinski definition) is 8. The molecule has 38 heavy (non-hydrogen) atoms. The fourth-order valence-electron chi connectivity index (χ4n) is 4.29. The number of fused-ring (bicyclic) bond motifs is 1. The molecule has 2 heterocycles. The first-order valence-corrected chi connectivity index (χ1v) is 13.8. The van der Waals surface area contributed by atoms with Gasteiger partial charge in [0.05, 0.1) is 18.8 Å². The first kappa shape index (κ1) is 28.0. The van der Waals surface area contributed by atoms with Gasteiger partial charge in [0.15, 0.2) is 0 Å². The third-order valence-corrected chi connectivity index (χ3v) is 7.53. The number of aromatic nitrogens is 2. The number of hydrogen-bond donors (Lipinski definition) is 2. The van der Waals surface area contributed by atoms with Crippen LogP contribution in [-0.2, 0) is 18.8 Å². The maximum atomic E-state index is 12.5. The molecule has 2 N–H and O–H groups in total. The number of rotatable bonds is 10. The van der Waals surface area contributed by atoms with Crippen LogP contribution in [0.5, 0.6) is 5.75 Å². The number of ether oxygens (including phenoxy) is 2. The van der Waals surface area contributed by atoms with Crippen LogP contribution in [0.15, 0.2) is 58.3 Å². The number of nitrogens with zero attached hydrogens (tertiary/aromatic N) is 1. The van der Waals surface area contributed by atoms with Crippen molar-refractivity contribution in [2.75, 3.05) is 6.61 Å². The largest absolute Gasteiger partial charge is 0.462 e. The molecule has 11 heteroatoms. The van der Waals surface area contributed by atoms with Crippen LogP contribution < -0.4 is 20.9 Å². The monoisotopic (exact) mass is 543 g/mol. The van der Waals surface area contributed by atoms with Gasteiger partial charge in [-0.25, -0.2) is 9.88 Å². The van der Waals surface area contributed by atoms with E-state index in [1.807, 2.05) is 49.4 Å². The van der Waals surface area contributed by atoms with E-state index in [1.165, 1.54) is 10.8 Å². The molecular formula is C27H34N3O7P. The van der Waals surface area contributed by atoms with Crippen molar-refractivity contribution in [1.29, 1.82) is 0 Å². The molecule has 0 amide bonds. The average molecular weight is 544 g/mol. The van der Waals surface area contributed by atoms with E-state index in [2.05, 4.69) is 10.1 Å². The van der Waals surface area contributed by atoms with Crippen LogP contribution in [-0.4, -0.2) is 40.4 Å². The number of carbonyl (C=O) groups is 1. The molecule has 0 aliphatic carbocycles. The predicted octanol–water partition coefficient (Wildman–Crippen LogP) is 4.17. The molecule has 1 saturated heterocycles. The number of benzene rings is 2. The summed E-state index contributed by atoms with van der Waals surface area (Å²) in [5, 5.41) is 5.07. The van der Waals surface area contributed by atoms with Crippen molar-refractivity contribution in [3.8, 4) is 5.75 Å². The Kier molecular flexibility index (Phi) is 8.99. The molecule has 4 rings (SSSR count). The molecule has 0 bridgehead atoms. The molecule has 1 aromatic heterocycles. The van der Waals surface area contributed by atoms with E-state index in [9.17, 15) is 14.4 Å². The van der Waals surface area contributed by atoms with Crippen LogP contribution in [0.4, 0.5) is 0 Å². The van der Waals surface area contributed by atoms with E-state index < -0.39 is 38.0 Å². The second-order valence-corrected chi connectivity index (χ2v) is 11.0. The summed E-state index contributed by atoms with van der Waals surface area (Å²) in [5.74, 6) is 0.223. The minimum absolute atomic E-state index is 0.00437. The van der Waals surface area contributed by atoms with Gasteiger partial charge in [-0.1, -0.05) is 43.3 Å². The Balaban J connectivity index is 1.49. The minimum Gasteiger partial charge on any atom is -0.462 e. The molecule has 0 radical (unpaired) electrons. The first-order chi connectivity index (χ1) is 18.1. The maximum Gasteiger partial charge on any atom is 0.330 e. The molecule has 0 spiro atoms. The lowest BCUT2D eigenvalue weighted by molar-refractivity contribution is -0.149. The molecule has 1 aliphatic heterocycles. The summed E-state index contributed by atoms with van der Waals surface area (Å²) in [7, 11) is -1.77. The van der Waals surface area contributed by atoms with Crippen LogP contribution in [0.3, 0.4) is 0 Å². The zero-order valence-electron chi connectivity index (χ0n) is 22.2. The number of esters is 1. The summed E-state index contributed by atoms with van der Waals surface area (Å²) in [4.78, 5) is 39.0. The van der Waals surface area contributed by atoms with Gasteiger partial charge in [0, 0.05) is 23.1 Å². The molecule has 1 aliphatic rings. The van der Waals surface area contributed by atoms with E-state index in [1.54, 1.807) is 27.7 Å². The van der Waals surface area contributed by atoms with Crippen molar-refractivity contribution in [2.45, 2.75) is 65.5 Å². The normalized spacial score (nSPS) is 20.9. The fourth-order valence-corrected chi connectivity index (χ4v) is 5.53. The van der Waals surface area contributed by atoms with Crippen LogP contribution >= 0.6 is 8.53 Å².